The summed E-state index contributed by atoms with van der Waals surface area (Å²) in [6, 6.07) is 0. The lowest BCUT2D eigenvalue weighted by Crippen LogP contribution is -2.27. The first-order valence-corrected chi connectivity index (χ1v) is 6.61. The molecule has 0 aliphatic carbocycles. The minimum atomic E-state index is 0.151. The Morgan fingerprint density at radius 1 is 1.05 bits per heavy atom. The molecule has 0 aliphatic rings. The van der Waals surface area contributed by atoms with Gasteiger partial charge >= 0.3 is 0 Å². The summed E-state index contributed by atoms with van der Waals surface area (Å²) in [5.41, 5.74) is 2.63. The highest BCUT2D eigenvalue weighted by Gasteiger charge is 2.13. The van der Waals surface area contributed by atoms with E-state index in [2.05, 4.69) is 60.3 Å². The Morgan fingerprint density at radius 3 is 2.11 bits per heavy atom. The van der Waals surface area contributed by atoms with Crippen molar-refractivity contribution in [3.63, 3.8) is 0 Å². The Morgan fingerprint density at radius 2 is 1.63 bits per heavy atom. The van der Waals surface area contributed by atoms with Crippen LogP contribution in [-0.2, 0) is 0 Å². The second kappa shape index (κ2) is 6.51. The van der Waals surface area contributed by atoms with Crippen LogP contribution in [0.25, 0.3) is 0 Å². The van der Waals surface area contributed by atoms with Crippen molar-refractivity contribution in [2.24, 2.45) is 11.3 Å². The first-order chi connectivity index (χ1) is 8.89. The van der Waals surface area contributed by atoms with E-state index in [4.69, 9.17) is 5.84 Å². The zero-order valence-electron chi connectivity index (χ0n) is 12.5. The molecule has 1 aromatic heterocycles. The number of hydrogen-bond acceptors (Lipinski definition) is 7. The van der Waals surface area contributed by atoms with Gasteiger partial charge < -0.3 is 10.2 Å². The maximum absolute atomic E-state index is 5.40. The molecule has 19 heavy (non-hydrogen) atoms. The van der Waals surface area contributed by atoms with Crippen LogP contribution in [0.15, 0.2) is 0 Å². The molecule has 1 heterocycles. The standard InChI is InChI=1S/C12H25N7/c1-6-19(7-2)11-16-9(14-8-12(3,4)5)15-10(17-11)18-13/h6-8,13H2,1-5H3,(H2,14,15,16,17,18). The normalized spacial score (nSPS) is 11.3. The van der Waals surface area contributed by atoms with Gasteiger partial charge in [-0.3, -0.25) is 5.43 Å². The molecule has 7 nitrogen and oxygen atoms in total. The van der Waals surface area contributed by atoms with Crippen LogP contribution >= 0.6 is 0 Å². The average molecular weight is 267 g/mol. The molecule has 7 heteroatoms. The van der Waals surface area contributed by atoms with Gasteiger partial charge in [-0.15, -0.1) is 0 Å². The molecule has 1 rings (SSSR count). The first-order valence-electron chi connectivity index (χ1n) is 6.61. The Bertz CT molecular complexity index is 396. The summed E-state index contributed by atoms with van der Waals surface area (Å²) in [5, 5.41) is 3.22. The van der Waals surface area contributed by atoms with E-state index in [1.807, 2.05) is 4.90 Å². The molecule has 0 radical (unpaired) electrons. The van der Waals surface area contributed by atoms with Crippen molar-refractivity contribution in [3.05, 3.63) is 0 Å². The Balaban J connectivity index is 2.95. The monoisotopic (exact) mass is 267 g/mol. The topological polar surface area (TPSA) is 92.0 Å². The lowest BCUT2D eigenvalue weighted by molar-refractivity contribution is 0.441. The molecule has 0 saturated heterocycles. The molecule has 0 unspecified atom stereocenters. The Hall–Kier alpha value is -1.63. The molecule has 0 fully saturated rings. The van der Waals surface area contributed by atoms with Crippen LogP contribution in [0.4, 0.5) is 17.8 Å². The zero-order valence-corrected chi connectivity index (χ0v) is 12.5. The van der Waals surface area contributed by atoms with Gasteiger partial charge in [-0.2, -0.15) is 15.0 Å². The molecular weight excluding hydrogens is 242 g/mol. The van der Waals surface area contributed by atoms with Gasteiger partial charge in [0.1, 0.15) is 0 Å². The van der Waals surface area contributed by atoms with Gasteiger partial charge in [0, 0.05) is 19.6 Å². The Labute approximate surface area is 115 Å². The maximum Gasteiger partial charge on any atom is 0.243 e. The predicted octanol–water partition coefficient (Wildman–Crippen LogP) is 1.46. The molecular formula is C12H25N7. The fourth-order valence-corrected chi connectivity index (χ4v) is 1.50. The predicted molar refractivity (Wildman–Crippen MR) is 79.1 cm³/mol. The third-order valence-electron chi connectivity index (χ3n) is 2.58. The molecule has 0 bridgehead atoms. The molecule has 0 aliphatic heterocycles. The number of nitrogens with zero attached hydrogens (tertiary/aromatic N) is 4. The second-order valence-electron chi connectivity index (χ2n) is 5.51. The number of nitrogen functional groups attached to an aromatic ring is 1. The number of hydrogen-bond donors (Lipinski definition) is 3. The molecule has 0 aromatic carbocycles. The number of anilines is 3. The minimum absolute atomic E-state index is 0.151. The number of nitrogens with two attached hydrogens (primary N) is 1. The second-order valence-corrected chi connectivity index (χ2v) is 5.51. The van der Waals surface area contributed by atoms with Crippen LogP contribution in [-0.4, -0.2) is 34.6 Å². The highest BCUT2D eigenvalue weighted by atomic mass is 15.4. The fraction of sp³-hybridized carbons (Fsp3) is 0.750. The summed E-state index contributed by atoms with van der Waals surface area (Å²) in [7, 11) is 0. The smallest absolute Gasteiger partial charge is 0.243 e. The number of rotatable bonds is 6. The summed E-state index contributed by atoms with van der Waals surface area (Å²) in [6.45, 7) is 13.0. The van der Waals surface area contributed by atoms with E-state index in [0.717, 1.165) is 19.6 Å². The van der Waals surface area contributed by atoms with Crippen LogP contribution in [0.3, 0.4) is 0 Å². The molecule has 0 amide bonds. The van der Waals surface area contributed by atoms with Crippen molar-refractivity contribution < 1.29 is 0 Å². The van der Waals surface area contributed by atoms with Gasteiger partial charge in [-0.25, -0.2) is 5.84 Å². The van der Waals surface area contributed by atoms with E-state index in [1.54, 1.807) is 0 Å². The third kappa shape index (κ3) is 4.86. The van der Waals surface area contributed by atoms with Crippen molar-refractivity contribution in [1.82, 2.24) is 15.0 Å². The van der Waals surface area contributed by atoms with Crippen molar-refractivity contribution in [2.45, 2.75) is 34.6 Å². The number of hydrazine groups is 1. The molecule has 108 valence electrons. The highest BCUT2D eigenvalue weighted by molar-refractivity contribution is 5.43. The van der Waals surface area contributed by atoms with Crippen molar-refractivity contribution in [3.8, 4) is 0 Å². The molecule has 0 spiro atoms. The van der Waals surface area contributed by atoms with Gasteiger partial charge in [0.25, 0.3) is 0 Å². The zero-order chi connectivity index (χ0) is 14.5. The summed E-state index contributed by atoms with van der Waals surface area (Å²) in [5.74, 6) is 6.94. The van der Waals surface area contributed by atoms with Crippen LogP contribution < -0.4 is 21.5 Å². The van der Waals surface area contributed by atoms with E-state index in [9.17, 15) is 0 Å². The molecule has 4 N–H and O–H groups in total. The van der Waals surface area contributed by atoms with Gasteiger partial charge in [0.15, 0.2) is 0 Å². The Kier molecular flexibility index (Phi) is 5.29. The number of aromatic nitrogens is 3. The van der Waals surface area contributed by atoms with E-state index < -0.39 is 0 Å². The average Bonchev–Trinajstić information content (AvgIpc) is 2.37. The van der Waals surface area contributed by atoms with E-state index in [-0.39, 0.29) is 5.41 Å². The number of nitrogens with one attached hydrogen (secondary N) is 2. The molecule has 0 saturated carbocycles. The minimum Gasteiger partial charge on any atom is -0.353 e. The summed E-state index contributed by atoms with van der Waals surface area (Å²) in [4.78, 5) is 14.9. The highest BCUT2D eigenvalue weighted by Crippen LogP contribution is 2.16. The quantitative estimate of drug-likeness (QED) is 0.531. The van der Waals surface area contributed by atoms with Gasteiger partial charge in [-0.05, 0) is 19.3 Å². The fourth-order valence-electron chi connectivity index (χ4n) is 1.50. The van der Waals surface area contributed by atoms with Crippen molar-refractivity contribution in [2.75, 3.05) is 35.3 Å². The lowest BCUT2D eigenvalue weighted by atomic mass is 9.97. The van der Waals surface area contributed by atoms with Crippen LogP contribution in [0, 0.1) is 5.41 Å². The van der Waals surface area contributed by atoms with E-state index in [0.29, 0.717) is 17.8 Å². The summed E-state index contributed by atoms with van der Waals surface area (Å²) in [6.07, 6.45) is 0. The maximum atomic E-state index is 5.40. The summed E-state index contributed by atoms with van der Waals surface area (Å²) < 4.78 is 0. The summed E-state index contributed by atoms with van der Waals surface area (Å²) >= 11 is 0. The molecule has 1 aromatic rings. The third-order valence-corrected chi connectivity index (χ3v) is 2.58. The van der Waals surface area contributed by atoms with Crippen molar-refractivity contribution in [1.29, 1.82) is 0 Å². The lowest BCUT2D eigenvalue weighted by Gasteiger charge is -2.21. The SMILES string of the molecule is CCN(CC)c1nc(NN)nc(NCC(C)(C)C)n1. The van der Waals surface area contributed by atoms with Crippen molar-refractivity contribution >= 4 is 17.8 Å². The van der Waals surface area contributed by atoms with Gasteiger partial charge in [0.05, 0.1) is 0 Å². The first kappa shape index (κ1) is 15.4. The molecule has 0 atom stereocenters. The van der Waals surface area contributed by atoms with Gasteiger partial charge in [-0.1, -0.05) is 20.8 Å². The van der Waals surface area contributed by atoms with Gasteiger partial charge in [0.2, 0.25) is 17.8 Å². The van der Waals surface area contributed by atoms with Crippen LogP contribution in [0.5, 0.6) is 0 Å². The van der Waals surface area contributed by atoms with Crippen LogP contribution in [0.1, 0.15) is 34.6 Å². The van der Waals surface area contributed by atoms with E-state index >= 15 is 0 Å². The van der Waals surface area contributed by atoms with E-state index in [1.165, 1.54) is 0 Å². The van der Waals surface area contributed by atoms with Crippen LogP contribution in [0.2, 0.25) is 0 Å². The largest absolute Gasteiger partial charge is 0.353 e.